The van der Waals surface area contributed by atoms with Gasteiger partial charge in [-0.3, -0.25) is 9.59 Å². The molecule has 0 aromatic rings. The average molecular weight is 467 g/mol. The van der Waals surface area contributed by atoms with Gasteiger partial charge >= 0.3 is 11.9 Å². The van der Waals surface area contributed by atoms with Crippen molar-refractivity contribution in [3.05, 3.63) is 25.3 Å². The minimum absolute atomic E-state index is 0.0966. The number of nitrogens with one attached hydrogen (secondary N) is 2. The van der Waals surface area contributed by atoms with Gasteiger partial charge in [0.05, 0.1) is 12.7 Å². The van der Waals surface area contributed by atoms with E-state index in [-0.39, 0.29) is 35.2 Å². The smallest absolute Gasteiger partial charge is 0.327 e. The van der Waals surface area contributed by atoms with Crippen LogP contribution in [0.5, 0.6) is 0 Å². The van der Waals surface area contributed by atoms with Gasteiger partial charge in [-0.25, -0.2) is 9.59 Å². The molecule has 0 aromatic carbocycles. The molecule has 0 aromatic heterocycles. The maximum Gasteiger partial charge on any atom is 0.327 e. The molecule has 0 heterocycles. The van der Waals surface area contributed by atoms with Gasteiger partial charge in [0.1, 0.15) is 12.1 Å². The summed E-state index contributed by atoms with van der Waals surface area (Å²) >= 11 is 2.48. The maximum absolute atomic E-state index is 10.7. The number of aliphatic hydroxyl groups is 2. The van der Waals surface area contributed by atoms with Crippen LogP contribution in [-0.2, 0) is 19.2 Å². The molecule has 0 saturated carbocycles. The predicted molar refractivity (Wildman–Crippen MR) is 118 cm³/mol. The van der Waals surface area contributed by atoms with Crippen LogP contribution in [-0.4, -0.2) is 91.5 Å². The monoisotopic (exact) mass is 466 g/mol. The highest BCUT2D eigenvalue weighted by Gasteiger charge is 2.20. The summed E-state index contributed by atoms with van der Waals surface area (Å²) in [6.07, 6.45) is 2.26. The Kier molecular flexibility index (Phi) is 17.9. The van der Waals surface area contributed by atoms with E-state index in [1.54, 1.807) is 0 Å². The van der Waals surface area contributed by atoms with Crippen LogP contribution in [0.1, 0.15) is 13.8 Å². The lowest BCUT2D eigenvalue weighted by Crippen LogP contribution is -2.41. The number of carboxylic acids is 2. The SMILES string of the molecule is C=C[C@@H](CO)SC[C@H](NC(C)=O)C(=O)O.C=C[C@H](O)CSC[C@H](NC(C)=O)C(=O)O. The summed E-state index contributed by atoms with van der Waals surface area (Å²) in [7, 11) is 0. The molecule has 30 heavy (non-hydrogen) atoms. The van der Waals surface area contributed by atoms with Gasteiger partial charge in [-0.15, -0.1) is 24.9 Å². The highest BCUT2D eigenvalue weighted by molar-refractivity contribution is 8.00. The summed E-state index contributed by atoms with van der Waals surface area (Å²) in [5.74, 6) is -2.14. The maximum atomic E-state index is 10.7. The second-order valence-electron chi connectivity index (χ2n) is 5.81. The van der Waals surface area contributed by atoms with Crippen LogP contribution < -0.4 is 10.6 Å². The van der Waals surface area contributed by atoms with E-state index in [0.29, 0.717) is 5.75 Å². The van der Waals surface area contributed by atoms with Crippen LogP contribution >= 0.6 is 23.5 Å². The molecule has 0 aliphatic heterocycles. The van der Waals surface area contributed by atoms with Gasteiger partial charge in [0.25, 0.3) is 0 Å². The quantitative estimate of drug-likeness (QED) is 0.187. The second-order valence-corrected chi connectivity index (χ2v) is 8.16. The van der Waals surface area contributed by atoms with Crippen LogP contribution in [0.2, 0.25) is 0 Å². The van der Waals surface area contributed by atoms with E-state index in [2.05, 4.69) is 23.8 Å². The molecule has 0 spiro atoms. The van der Waals surface area contributed by atoms with E-state index in [1.165, 1.54) is 49.5 Å². The van der Waals surface area contributed by atoms with E-state index < -0.39 is 30.1 Å². The zero-order chi connectivity index (χ0) is 23.7. The fourth-order valence-corrected chi connectivity index (χ4v) is 3.51. The Balaban J connectivity index is 0. The number of hydrogen-bond donors (Lipinski definition) is 6. The van der Waals surface area contributed by atoms with Crippen molar-refractivity contribution >= 4 is 47.3 Å². The zero-order valence-corrected chi connectivity index (χ0v) is 18.6. The average Bonchev–Trinajstić information content (AvgIpc) is 2.66. The molecule has 6 N–H and O–H groups in total. The molecule has 0 fully saturated rings. The number of aliphatic hydroxyl groups excluding tert-OH is 2. The summed E-state index contributed by atoms with van der Waals surface area (Å²) < 4.78 is 0. The van der Waals surface area contributed by atoms with Gasteiger partial charge in [-0.05, 0) is 0 Å². The molecule has 4 atom stereocenters. The highest BCUT2D eigenvalue weighted by Crippen LogP contribution is 2.12. The number of carbonyl (C=O) groups excluding carboxylic acids is 2. The van der Waals surface area contributed by atoms with Crippen LogP contribution in [0.3, 0.4) is 0 Å². The van der Waals surface area contributed by atoms with Gasteiger partial charge in [0.15, 0.2) is 0 Å². The highest BCUT2D eigenvalue weighted by atomic mass is 32.2. The first kappa shape index (κ1) is 30.2. The van der Waals surface area contributed by atoms with Crippen molar-refractivity contribution in [2.45, 2.75) is 37.3 Å². The van der Waals surface area contributed by atoms with Crippen LogP contribution in [0.15, 0.2) is 25.3 Å². The van der Waals surface area contributed by atoms with Gasteiger partial charge in [0, 0.05) is 36.4 Å². The molecule has 2 amide bonds. The summed E-state index contributed by atoms with van der Waals surface area (Å²) in [6.45, 7) is 9.32. The molecule has 0 aliphatic rings. The number of aliphatic carboxylic acids is 2. The number of thioether (sulfide) groups is 2. The van der Waals surface area contributed by atoms with Crippen molar-refractivity contribution in [2.75, 3.05) is 23.9 Å². The lowest BCUT2D eigenvalue weighted by molar-refractivity contribution is -0.141. The molecule has 0 bridgehead atoms. The number of carbonyl (C=O) groups is 4. The molecule has 0 saturated heterocycles. The summed E-state index contributed by atoms with van der Waals surface area (Å²) in [4.78, 5) is 42.7. The Bertz CT molecular complexity index is 589. The van der Waals surface area contributed by atoms with Crippen molar-refractivity contribution in [2.24, 2.45) is 0 Å². The normalized spacial score (nSPS) is 14.0. The van der Waals surface area contributed by atoms with Crippen molar-refractivity contribution in [3.63, 3.8) is 0 Å². The molecular weight excluding hydrogens is 436 g/mol. The Morgan fingerprint density at radius 2 is 1.37 bits per heavy atom. The Morgan fingerprint density at radius 3 is 1.70 bits per heavy atom. The lowest BCUT2D eigenvalue weighted by Gasteiger charge is -2.15. The first-order valence-corrected chi connectivity index (χ1v) is 10.9. The van der Waals surface area contributed by atoms with E-state index in [4.69, 9.17) is 20.4 Å². The Morgan fingerprint density at radius 1 is 0.900 bits per heavy atom. The van der Waals surface area contributed by atoms with E-state index >= 15 is 0 Å². The van der Waals surface area contributed by atoms with Crippen molar-refractivity contribution in [3.8, 4) is 0 Å². The van der Waals surface area contributed by atoms with E-state index in [9.17, 15) is 19.2 Å². The minimum Gasteiger partial charge on any atom is -0.480 e. The van der Waals surface area contributed by atoms with Crippen LogP contribution in [0.25, 0.3) is 0 Å². The molecule has 0 unspecified atom stereocenters. The van der Waals surface area contributed by atoms with Gasteiger partial charge in [0.2, 0.25) is 11.8 Å². The first-order chi connectivity index (χ1) is 14.0. The number of carboxylic acid groups (broad SMARTS) is 2. The first-order valence-electron chi connectivity index (χ1n) is 8.71. The van der Waals surface area contributed by atoms with Crippen molar-refractivity contribution in [1.29, 1.82) is 0 Å². The fourth-order valence-electron chi connectivity index (χ4n) is 1.63. The summed E-state index contributed by atoms with van der Waals surface area (Å²) in [5.41, 5.74) is 0. The Hall–Kier alpha value is -2.02. The minimum atomic E-state index is -1.08. The van der Waals surface area contributed by atoms with Gasteiger partial charge < -0.3 is 31.1 Å². The topological polar surface area (TPSA) is 173 Å². The van der Waals surface area contributed by atoms with Crippen LogP contribution in [0.4, 0.5) is 0 Å². The molecule has 0 radical (unpaired) electrons. The molecular formula is C18H30N2O8S2. The van der Waals surface area contributed by atoms with Crippen LogP contribution in [0, 0.1) is 0 Å². The van der Waals surface area contributed by atoms with Gasteiger partial charge in [-0.2, -0.15) is 11.8 Å². The third-order valence-electron chi connectivity index (χ3n) is 3.12. The molecule has 10 nitrogen and oxygen atoms in total. The number of hydrogen-bond acceptors (Lipinski definition) is 8. The third kappa shape index (κ3) is 16.9. The molecule has 0 aliphatic carbocycles. The van der Waals surface area contributed by atoms with Crippen molar-refractivity contribution < 1.29 is 39.6 Å². The molecule has 172 valence electrons. The van der Waals surface area contributed by atoms with E-state index in [1.807, 2.05) is 0 Å². The second kappa shape index (κ2) is 17.8. The predicted octanol–water partition coefficient (Wildman–Crippen LogP) is -0.288. The fraction of sp³-hybridized carbons (Fsp3) is 0.556. The number of rotatable bonds is 14. The molecule has 0 rings (SSSR count). The van der Waals surface area contributed by atoms with Crippen molar-refractivity contribution in [1.82, 2.24) is 10.6 Å². The number of amides is 2. The largest absolute Gasteiger partial charge is 0.480 e. The molecule has 12 heteroatoms. The third-order valence-corrected chi connectivity index (χ3v) is 5.56. The summed E-state index contributed by atoms with van der Waals surface area (Å²) in [6, 6.07) is -1.84. The van der Waals surface area contributed by atoms with E-state index in [0.717, 1.165) is 0 Å². The standard InChI is InChI=1S/2C9H15NO4S/c1-3-7(12)4-15-5-8(9(13)14)10-6(2)11;1-3-7(4-11)15-5-8(9(13)14)10-6(2)12/h3,7-8,12H,1,4-5H2,2H3,(H,10,11)(H,13,14);3,7-8,11H,1,4-5H2,2H3,(H,10,12)(H,13,14)/t2*7-,8-/m00/s1. The summed E-state index contributed by atoms with van der Waals surface area (Å²) in [5, 5.41) is 39.9. The Labute approximate surface area is 184 Å². The lowest BCUT2D eigenvalue weighted by atomic mass is 10.3. The van der Waals surface area contributed by atoms with Gasteiger partial charge in [-0.1, -0.05) is 12.2 Å². The zero-order valence-electron chi connectivity index (χ0n) is 16.9.